The first-order valence-corrected chi connectivity index (χ1v) is 9.72. The third-order valence-electron chi connectivity index (χ3n) is 5.11. The SMILES string of the molecule is CCNC(c1ccc(Nc2nn(CC3CC3)c3cc[nH]c(=O)c23)cc1F)C(F)(F)F. The number of hydrogen-bond donors (Lipinski definition) is 3. The molecule has 0 radical (unpaired) electrons. The lowest BCUT2D eigenvalue weighted by Gasteiger charge is -2.22. The maximum atomic E-state index is 14.6. The average Bonchev–Trinajstić information content (AvgIpc) is 3.42. The molecule has 1 atom stereocenters. The quantitative estimate of drug-likeness (QED) is 0.497. The van der Waals surface area contributed by atoms with Crippen LogP contribution in [0, 0.1) is 11.7 Å². The van der Waals surface area contributed by atoms with Crippen LogP contribution in [0.4, 0.5) is 29.1 Å². The topological polar surface area (TPSA) is 74.7 Å². The molecule has 3 aromatic rings. The van der Waals surface area contributed by atoms with Crippen molar-refractivity contribution in [2.24, 2.45) is 5.92 Å². The Morgan fingerprint density at radius 3 is 2.70 bits per heavy atom. The van der Waals surface area contributed by atoms with Gasteiger partial charge in [0.15, 0.2) is 5.82 Å². The highest BCUT2D eigenvalue weighted by atomic mass is 19.4. The average molecular weight is 423 g/mol. The molecule has 1 aromatic carbocycles. The smallest absolute Gasteiger partial charge is 0.338 e. The Morgan fingerprint density at radius 2 is 2.07 bits per heavy atom. The number of alkyl halides is 3. The van der Waals surface area contributed by atoms with Crippen molar-refractivity contribution in [3.63, 3.8) is 0 Å². The molecule has 0 aliphatic heterocycles. The van der Waals surface area contributed by atoms with Crippen LogP contribution in [0.15, 0.2) is 35.3 Å². The van der Waals surface area contributed by atoms with Crippen LogP contribution in [0.5, 0.6) is 0 Å². The minimum atomic E-state index is -4.63. The summed E-state index contributed by atoms with van der Waals surface area (Å²) in [6, 6.07) is 3.06. The summed E-state index contributed by atoms with van der Waals surface area (Å²) < 4.78 is 56.1. The Hall–Kier alpha value is -2.88. The molecule has 0 amide bonds. The summed E-state index contributed by atoms with van der Waals surface area (Å²) in [4.78, 5) is 14.9. The van der Waals surface area contributed by atoms with Gasteiger partial charge in [-0.1, -0.05) is 13.0 Å². The van der Waals surface area contributed by atoms with Gasteiger partial charge in [0.25, 0.3) is 5.56 Å². The summed E-state index contributed by atoms with van der Waals surface area (Å²) >= 11 is 0. The first-order valence-electron chi connectivity index (χ1n) is 9.72. The maximum absolute atomic E-state index is 14.6. The number of aromatic amines is 1. The normalized spacial score (nSPS) is 15.5. The van der Waals surface area contributed by atoms with Gasteiger partial charge in [-0.25, -0.2) is 4.39 Å². The predicted octanol–water partition coefficient (Wildman–Crippen LogP) is 4.23. The second-order valence-corrected chi connectivity index (χ2v) is 7.43. The van der Waals surface area contributed by atoms with Gasteiger partial charge in [0.1, 0.15) is 17.2 Å². The van der Waals surface area contributed by atoms with Crippen molar-refractivity contribution in [1.29, 1.82) is 0 Å². The summed E-state index contributed by atoms with van der Waals surface area (Å²) in [6.45, 7) is 2.23. The molecule has 4 rings (SSSR count). The van der Waals surface area contributed by atoms with Crippen LogP contribution in [-0.2, 0) is 6.54 Å². The summed E-state index contributed by atoms with van der Waals surface area (Å²) in [5.41, 5.74) is 0.0136. The zero-order valence-corrected chi connectivity index (χ0v) is 16.2. The Balaban J connectivity index is 1.67. The number of anilines is 2. The molecule has 6 nitrogen and oxygen atoms in total. The lowest BCUT2D eigenvalue weighted by molar-refractivity contribution is -0.158. The minimum Gasteiger partial charge on any atom is -0.338 e. The third kappa shape index (κ3) is 4.04. The van der Waals surface area contributed by atoms with Crippen molar-refractivity contribution >= 4 is 22.4 Å². The molecule has 2 aromatic heterocycles. The zero-order valence-electron chi connectivity index (χ0n) is 16.2. The second-order valence-electron chi connectivity index (χ2n) is 7.43. The molecule has 1 aliphatic rings. The van der Waals surface area contributed by atoms with Crippen molar-refractivity contribution in [3.8, 4) is 0 Å². The molecule has 1 unspecified atom stereocenters. The predicted molar refractivity (Wildman–Crippen MR) is 105 cm³/mol. The van der Waals surface area contributed by atoms with Crippen molar-refractivity contribution in [1.82, 2.24) is 20.1 Å². The van der Waals surface area contributed by atoms with Gasteiger partial charge >= 0.3 is 6.18 Å². The number of halogens is 4. The van der Waals surface area contributed by atoms with Gasteiger partial charge in [-0.3, -0.25) is 9.48 Å². The van der Waals surface area contributed by atoms with E-state index in [0.29, 0.717) is 23.4 Å². The number of aromatic nitrogens is 3. The first kappa shape index (κ1) is 20.4. The molecule has 0 saturated heterocycles. The minimum absolute atomic E-state index is 0.0385. The molecule has 1 saturated carbocycles. The Kier molecular flexibility index (Phi) is 5.27. The number of H-pyrrole nitrogens is 1. The fraction of sp³-hybridized carbons (Fsp3) is 0.400. The van der Waals surface area contributed by atoms with E-state index in [1.54, 1.807) is 10.7 Å². The molecule has 0 spiro atoms. The number of pyridine rings is 1. The van der Waals surface area contributed by atoms with Gasteiger partial charge in [0.2, 0.25) is 0 Å². The Morgan fingerprint density at radius 1 is 1.30 bits per heavy atom. The number of nitrogens with one attached hydrogen (secondary N) is 3. The molecule has 160 valence electrons. The van der Waals surface area contributed by atoms with Gasteiger partial charge in [-0.2, -0.15) is 18.3 Å². The molecular formula is C20H21F4N5O. The highest BCUT2D eigenvalue weighted by molar-refractivity contribution is 5.91. The van der Waals surface area contributed by atoms with Crippen LogP contribution in [0.1, 0.15) is 31.4 Å². The van der Waals surface area contributed by atoms with Crippen molar-refractivity contribution in [2.75, 3.05) is 11.9 Å². The third-order valence-corrected chi connectivity index (χ3v) is 5.11. The highest BCUT2D eigenvalue weighted by Gasteiger charge is 2.41. The molecule has 30 heavy (non-hydrogen) atoms. The van der Waals surface area contributed by atoms with Crippen molar-refractivity contribution < 1.29 is 17.6 Å². The van der Waals surface area contributed by atoms with Crippen LogP contribution in [0.3, 0.4) is 0 Å². The van der Waals surface area contributed by atoms with E-state index in [1.807, 2.05) is 0 Å². The van der Waals surface area contributed by atoms with Gasteiger partial charge in [-0.15, -0.1) is 0 Å². The summed E-state index contributed by atoms with van der Waals surface area (Å²) in [5.74, 6) is -0.250. The van der Waals surface area contributed by atoms with Gasteiger partial charge in [0, 0.05) is 24.0 Å². The molecule has 10 heteroatoms. The van der Waals surface area contributed by atoms with E-state index in [0.717, 1.165) is 25.0 Å². The first-order chi connectivity index (χ1) is 14.3. The van der Waals surface area contributed by atoms with Gasteiger partial charge in [-0.05, 0) is 43.5 Å². The Labute approximate surface area is 169 Å². The molecule has 1 aliphatic carbocycles. The lowest BCUT2D eigenvalue weighted by Crippen LogP contribution is -2.34. The molecule has 3 N–H and O–H groups in total. The van der Waals surface area contributed by atoms with Crippen LogP contribution in [0.25, 0.3) is 10.9 Å². The number of benzene rings is 1. The van der Waals surface area contributed by atoms with Crippen LogP contribution in [0.2, 0.25) is 0 Å². The largest absolute Gasteiger partial charge is 0.408 e. The Bertz CT molecular complexity index is 1120. The maximum Gasteiger partial charge on any atom is 0.408 e. The van der Waals surface area contributed by atoms with E-state index in [2.05, 4.69) is 20.7 Å². The van der Waals surface area contributed by atoms with E-state index in [9.17, 15) is 22.4 Å². The fourth-order valence-corrected chi connectivity index (χ4v) is 3.49. The monoisotopic (exact) mass is 423 g/mol. The van der Waals surface area contributed by atoms with E-state index < -0.39 is 23.6 Å². The van der Waals surface area contributed by atoms with E-state index >= 15 is 0 Å². The fourth-order valence-electron chi connectivity index (χ4n) is 3.49. The van der Waals surface area contributed by atoms with Gasteiger partial charge in [0.05, 0.1) is 5.52 Å². The van der Waals surface area contributed by atoms with Crippen molar-refractivity contribution in [3.05, 3.63) is 52.2 Å². The number of hydrogen-bond acceptors (Lipinski definition) is 4. The lowest BCUT2D eigenvalue weighted by atomic mass is 10.0. The van der Waals surface area contributed by atoms with E-state index in [4.69, 9.17) is 0 Å². The number of fused-ring (bicyclic) bond motifs is 1. The van der Waals surface area contributed by atoms with Crippen LogP contribution in [-0.4, -0.2) is 27.5 Å². The van der Waals surface area contributed by atoms with Crippen LogP contribution >= 0.6 is 0 Å². The van der Waals surface area contributed by atoms with Gasteiger partial charge < -0.3 is 15.6 Å². The zero-order chi connectivity index (χ0) is 21.5. The molecular weight excluding hydrogens is 402 g/mol. The standard InChI is InChI=1S/C20H21F4N5O/c1-2-25-17(20(22,23)24)13-6-5-12(9-14(13)21)27-18-16-15(7-8-26-19(16)30)29(28-18)10-11-3-4-11/h5-9,11,17,25H,2-4,10H2,1H3,(H,26,30)(H,27,28). The summed E-state index contributed by atoms with van der Waals surface area (Å²) in [7, 11) is 0. The number of rotatable bonds is 7. The molecule has 1 fully saturated rings. The summed E-state index contributed by atoms with van der Waals surface area (Å²) in [6.07, 6.45) is -0.888. The second kappa shape index (κ2) is 7.75. The van der Waals surface area contributed by atoms with Crippen molar-refractivity contribution in [2.45, 2.75) is 38.5 Å². The number of nitrogens with zero attached hydrogens (tertiary/aromatic N) is 2. The van der Waals surface area contributed by atoms with E-state index in [-0.39, 0.29) is 23.6 Å². The molecule has 2 heterocycles. The highest BCUT2D eigenvalue weighted by Crippen LogP contribution is 2.36. The summed E-state index contributed by atoms with van der Waals surface area (Å²) in [5, 5.41) is 9.92. The molecule has 0 bridgehead atoms. The van der Waals surface area contributed by atoms with E-state index in [1.165, 1.54) is 19.2 Å². The van der Waals surface area contributed by atoms with Crippen LogP contribution < -0.4 is 16.2 Å².